The van der Waals surface area contributed by atoms with E-state index in [1.54, 1.807) is 0 Å². The first-order chi connectivity index (χ1) is 16.1. The summed E-state index contributed by atoms with van der Waals surface area (Å²) < 4.78 is 0. The van der Waals surface area contributed by atoms with Gasteiger partial charge in [0.1, 0.15) is 5.78 Å². The van der Waals surface area contributed by atoms with Gasteiger partial charge in [-0.1, -0.05) is 72.8 Å². The van der Waals surface area contributed by atoms with E-state index in [-0.39, 0.29) is 33.5 Å². The Bertz CT molecular complexity index is 999. The molecule has 4 rings (SSSR count). The number of Topliss-reactive ketones (excluding diaryl/α,β-unsaturated/α-hetero) is 1. The van der Waals surface area contributed by atoms with Crippen LogP contribution in [0.25, 0.3) is 0 Å². The molecule has 4 heteroatoms. The van der Waals surface area contributed by atoms with Crippen LogP contribution in [-0.4, -0.2) is 28.1 Å². The lowest BCUT2D eigenvalue weighted by Crippen LogP contribution is -2.53. The van der Waals surface area contributed by atoms with Crippen LogP contribution in [0.15, 0.2) is 35.5 Å². The van der Waals surface area contributed by atoms with E-state index in [4.69, 9.17) is 0 Å². The van der Waals surface area contributed by atoms with Crippen molar-refractivity contribution in [3.05, 3.63) is 35.5 Å². The number of ketones is 1. The van der Waals surface area contributed by atoms with Gasteiger partial charge in [0, 0.05) is 23.2 Å². The first-order valence-corrected chi connectivity index (χ1v) is 13.6. The van der Waals surface area contributed by atoms with Crippen LogP contribution in [0.2, 0.25) is 0 Å². The highest BCUT2D eigenvalue weighted by molar-refractivity contribution is 5.86. The molecule has 4 aliphatic rings. The fourth-order valence-corrected chi connectivity index (χ4v) is 8.72. The monoisotopic (exact) mass is 482 g/mol. The van der Waals surface area contributed by atoms with Gasteiger partial charge >= 0.3 is 5.97 Å². The standard InChI is InChI=1S/C31H46O4/c1-18(2)19(3)9-10-20(27(34)35)26-23(32)17-31(8)22-11-12-24-28(4,5)25(33)14-15-29(24,6)21(22)13-16-30(26,31)7/h11,13,18,20,23-24,26,32H,3,9-10,12,14-17H2,1-2,4-8H3,(H,34,35)/t20-,23-,24?,26+,29-,30-,31+/m1/s1. The molecule has 0 saturated heterocycles. The number of carboxylic acid groups (broad SMARTS) is 1. The van der Waals surface area contributed by atoms with Crippen molar-refractivity contribution in [3.8, 4) is 0 Å². The first kappa shape index (κ1) is 26.4. The highest BCUT2D eigenvalue weighted by Crippen LogP contribution is 2.71. The van der Waals surface area contributed by atoms with E-state index in [0.717, 1.165) is 24.8 Å². The van der Waals surface area contributed by atoms with Gasteiger partial charge in [-0.15, -0.1) is 0 Å². The summed E-state index contributed by atoms with van der Waals surface area (Å²) in [5.41, 5.74) is 2.72. The van der Waals surface area contributed by atoms with E-state index in [1.165, 1.54) is 11.1 Å². The molecule has 0 bridgehead atoms. The number of aliphatic hydroxyl groups excluding tert-OH is 1. The van der Waals surface area contributed by atoms with Crippen molar-refractivity contribution in [2.75, 3.05) is 0 Å². The van der Waals surface area contributed by atoms with Crippen LogP contribution in [0, 0.1) is 45.3 Å². The molecule has 0 heterocycles. The maximum atomic E-state index is 12.8. The van der Waals surface area contributed by atoms with Crippen LogP contribution in [0.1, 0.15) is 93.4 Å². The highest BCUT2D eigenvalue weighted by Gasteiger charge is 2.66. The summed E-state index contributed by atoms with van der Waals surface area (Å²) in [6.07, 6.45) is 8.97. The van der Waals surface area contributed by atoms with Gasteiger partial charge in [0.05, 0.1) is 12.0 Å². The zero-order valence-electron chi connectivity index (χ0n) is 22.9. The third-order valence-corrected chi connectivity index (χ3v) is 11.4. The van der Waals surface area contributed by atoms with E-state index < -0.39 is 18.0 Å². The summed E-state index contributed by atoms with van der Waals surface area (Å²) in [5.74, 6) is -0.739. The third-order valence-electron chi connectivity index (χ3n) is 11.4. The predicted octanol–water partition coefficient (Wildman–Crippen LogP) is 6.74. The predicted molar refractivity (Wildman–Crippen MR) is 140 cm³/mol. The smallest absolute Gasteiger partial charge is 0.306 e. The number of allylic oxidation sites excluding steroid dienone is 5. The molecule has 2 fully saturated rings. The summed E-state index contributed by atoms with van der Waals surface area (Å²) in [4.78, 5) is 25.4. The number of rotatable bonds is 6. The molecule has 0 spiro atoms. The Balaban J connectivity index is 1.73. The van der Waals surface area contributed by atoms with Gasteiger partial charge in [0.2, 0.25) is 0 Å². The van der Waals surface area contributed by atoms with Crippen molar-refractivity contribution in [2.24, 2.45) is 45.3 Å². The van der Waals surface area contributed by atoms with Gasteiger partial charge in [0.25, 0.3) is 0 Å². The topological polar surface area (TPSA) is 74.6 Å². The molecule has 0 radical (unpaired) electrons. The quantitative estimate of drug-likeness (QED) is 0.411. The maximum absolute atomic E-state index is 12.8. The van der Waals surface area contributed by atoms with Crippen molar-refractivity contribution in [3.63, 3.8) is 0 Å². The van der Waals surface area contributed by atoms with Gasteiger partial charge in [-0.2, -0.15) is 0 Å². The Labute approximate surface area is 212 Å². The summed E-state index contributed by atoms with van der Waals surface area (Å²) in [5, 5.41) is 21.8. The van der Waals surface area contributed by atoms with Crippen molar-refractivity contribution >= 4 is 11.8 Å². The van der Waals surface area contributed by atoms with Crippen LogP contribution in [0.3, 0.4) is 0 Å². The number of aliphatic carboxylic acids is 1. The van der Waals surface area contributed by atoms with Crippen LogP contribution in [-0.2, 0) is 9.59 Å². The largest absolute Gasteiger partial charge is 0.481 e. The zero-order chi connectivity index (χ0) is 26.1. The Morgan fingerprint density at radius 2 is 1.80 bits per heavy atom. The minimum Gasteiger partial charge on any atom is -0.481 e. The molecule has 4 nitrogen and oxygen atoms in total. The average molecular weight is 483 g/mol. The Morgan fingerprint density at radius 3 is 2.40 bits per heavy atom. The van der Waals surface area contributed by atoms with Crippen molar-refractivity contribution in [1.82, 2.24) is 0 Å². The molecule has 2 saturated carbocycles. The van der Waals surface area contributed by atoms with Crippen molar-refractivity contribution in [2.45, 2.75) is 99.5 Å². The fraction of sp³-hybridized carbons (Fsp3) is 0.742. The first-order valence-electron chi connectivity index (χ1n) is 13.6. The number of fused-ring (bicyclic) bond motifs is 5. The summed E-state index contributed by atoms with van der Waals surface area (Å²) in [7, 11) is 0. The van der Waals surface area contributed by atoms with Crippen molar-refractivity contribution in [1.29, 1.82) is 0 Å². The Hall–Kier alpha value is -1.68. The molecule has 2 N–H and O–H groups in total. The van der Waals surface area contributed by atoms with Crippen LogP contribution in [0.5, 0.6) is 0 Å². The lowest BCUT2D eigenvalue weighted by atomic mass is 9.44. The number of hydrogen-bond donors (Lipinski definition) is 2. The molecular weight excluding hydrogens is 436 g/mol. The molecule has 1 unspecified atom stereocenters. The average Bonchev–Trinajstić information content (AvgIpc) is 2.97. The highest BCUT2D eigenvalue weighted by atomic mass is 16.4. The van der Waals surface area contributed by atoms with E-state index in [2.05, 4.69) is 67.2 Å². The number of hydrogen-bond acceptors (Lipinski definition) is 3. The molecule has 0 aromatic rings. The van der Waals surface area contributed by atoms with Gasteiger partial charge in [0.15, 0.2) is 0 Å². The lowest BCUT2D eigenvalue weighted by Gasteiger charge is -2.59. The van der Waals surface area contributed by atoms with Gasteiger partial charge < -0.3 is 10.2 Å². The number of carboxylic acids is 1. The SMILES string of the molecule is C=C(CC[C@@H](C(=O)O)[C@H]1[C@H](O)C[C@@]2(C)C3=CCC4C(C)(C)C(=O)CC[C@]4(C)C3=CC[C@]12C)C(C)C. The molecule has 0 aromatic heterocycles. The van der Waals surface area contributed by atoms with E-state index in [1.807, 2.05) is 0 Å². The van der Waals surface area contributed by atoms with Crippen LogP contribution < -0.4 is 0 Å². The molecule has 4 aliphatic carbocycles. The summed E-state index contributed by atoms with van der Waals surface area (Å²) in [6.45, 7) is 19.4. The normalized spacial score (nSPS) is 40.8. The minimum atomic E-state index is -0.803. The number of aliphatic hydroxyl groups is 1. The molecule has 0 aliphatic heterocycles. The minimum absolute atomic E-state index is 0.0594. The summed E-state index contributed by atoms with van der Waals surface area (Å²) in [6, 6.07) is 0. The Kier molecular flexibility index (Phi) is 6.36. The van der Waals surface area contributed by atoms with Gasteiger partial charge in [-0.3, -0.25) is 9.59 Å². The van der Waals surface area contributed by atoms with E-state index >= 15 is 0 Å². The molecule has 0 amide bonds. The third kappa shape index (κ3) is 3.64. The fourth-order valence-electron chi connectivity index (χ4n) is 8.72. The maximum Gasteiger partial charge on any atom is 0.306 e. The van der Waals surface area contributed by atoms with Gasteiger partial charge in [-0.25, -0.2) is 0 Å². The lowest BCUT2D eigenvalue weighted by molar-refractivity contribution is -0.148. The molecular formula is C31H46O4. The molecule has 35 heavy (non-hydrogen) atoms. The second kappa shape index (κ2) is 8.43. The molecule has 194 valence electrons. The summed E-state index contributed by atoms with van der Waals surface area (Å²) >= 11 is 0. The number of carbonyl (C=O) groups excluding carboxylic acids is 1. The molecule has 0 aromatic carbocycles. The van der Waals surface area contributed by atoms with Crippen LogP contribution in [0.4, 0.5) is 0 Å². The van der Waals surface area contributed by atoms with Gasteiger partial charge in [-0.05, 0) is 72.3 Å². The zero-order valence-corrected chi connectivity index (χ0v) is 22.9. The molecule has 7 atom stereocenters. The number of carbonyl (C=O) groups is 2. The Morgan fingerprint density at radius 1 is 1.14 bits per heavy atom. The van der Waals surface area contributed by atoms with Crippen molar-refractivity contribution < 1.29 is 19.8 Å². The van der Waals surface area contributed by atoms with E-state index in [9.17, 15) is 19.8 Å². The van der Waals surface area contributed by atoms with Crippen LogP contribution >= 0.6 is 0 Å². The second-order valence-corrected chi connectivity index (χ2v) is 13.6. The van der Waals surface area contributed by atoms with E-state index in [0.29, 0.717) is 37.4 Å². The second-order valence-electron chi connectivity index (χ2n) is 13.6.